The summed E-state index contributed by atoms with van der Waals surface area (Å²) in [7, 11) is 3.56. The van der Waals surface area contributed by atoms with Crippen molar-refractivity contribution in [3.8, 4) is 0 Å². The van der Waals surface area contributed by atoms with Gasteiger partial charge in [0, 0.05) is 16.6 Å². The van der Waals surface area contributed by atoms with Gasteiger partial charge < -0.3 is 40.0 Å². The minimum absolute atomic E-state index is 0.0854. The van der Waals surface area contributed by atoms with E-state index in [4.69, 9.17) is 14.0 Å². The molecule has 0 aromatic carbocycles. The molecule has 1 aliphatic heterocycles. The molecule has 8 atom stereocenters. The Morgan fingerprint density at radius 3 is 1.46 bits per heavy atom. The first-order valence-corrected chi connectivity index (χ1v) is 18.9. The SMILES string of the molecule is CCCCCCCCCCC[C@@H](O)CC(=O)N[C@@H]1[C@@H](NC(=O)C[C@H](O)CCCCCCCCCCC)[C@H](OC)O[C@H](CO)[C@H]1OP. The zero-order valence-corrected chi connectivity index (χ0v) is 30.4. The standard InChI is InChI=1S/C35H69N2O8P/c1-4-6-8-10-12-14-16-18-20-22-27(39)24-30(41)36-32-33(35(43-3)44-29(26-38)34(32)45-46)37-31(42)25-28(40)23-21-19-17-15-13-11-9-7-5-2/h27-29,32-35,38-40H,4-26,46H2,1-3H3,(H,36,41)(H,37,42)/t27-,28-,29-,32-,33-,34-,35-/m1/s1. The summed E-state index contributed by atoms with van der Waals surface area (Å²) in [6.45, 7) is 4.05. The van der Waals surface area contributed by atoms with Gasteiger partial charge in [0.25, 0.3) is 0 Å². The van der Waals surface area contributed by atoms with Crippen LogP contribution in [0.2, 0.25) is 0 Å². The highest BCUT2D eigenvalue weighted by atomic mass is 31.0. The summed E-state index contributed by atoms with van der Waals surface area (Å²) >= 11 is 0. The molecular formula is C35H69N2O8P. The summed E-state index contributed by atoms with van der Waals surface area (Å²) in [5, 5.41) is 36.8. The molecule has 0 spiro atoms. The van der Waals surface area contributed by atoms with Gasteiger partial charge in [0.15, 0.2) is 6.29 Å². The number of aliphatic hydroxyl groups excluding tert-OH is 3. The molecule has 1 unspecified atom stereocenters. The first kappa shape index (κ1) is 43.2. The van der Waals surface area contributed by atoms with E-state index in [-0.39, 0.29) is 19.4 Å². The van der Waals surface area contributed by atoms with Crippen LogP contribution in [0.1, 0.15) is 155 Å². The molecule has 1 saturated heterocycles. The van der Waals surface area contributed by atoms with Gasteiger partial charge in [-0.2, -0.15) is 0 Å². The predicted octanol–water partition coefficient (Wildman–Crippen LogP) is 5.84. The van der Waals surface area contributed by atoms with Crippen molar-refractivity contribution in [2.45, 2.75) is 198 Å². The van der Waals surface area contributed by atoms with Crippen LogP contribution in [0.3, 0.4) is 0 Å². The molecule has 0 bridgehead atoms. The van der Waals surface area contributed by atoms with Gasteiger partial charge in [-0.3, -0.25) is 9.59 Å². The lowest BCUT2D eigenvalue weighted by molar-refractivity contribution is -0.235. The second kappa shape index (κ2) is 28.0. The van der Waals surface area contributed by atoms with Gasteiger partial charge in [-0.25, -0.2) is 0 Å². The third-order valence-electron chi connectivity index (χ3n) is 9.06. The van der Waals surface area contributed by atoms with Crippen LogP contribution in [0.4, 0.5) is 0 Å². The van der Waals surface area contributed by atoms with Crippen LogP contribution in [-0.2, 0) is 23.6 Å². The molecule has 46 heavy (non-hydrogen) atoms. The molecule has 1 rings (SSSR count). The average molecular weight is 677 g/mol. The van der Waals surface area contributed by atoms with E-state index in [0.717, 1.165) is 38.5 Å². The maximum absolute atomic E-state index is 13.1. The molecule has 1 heterocycles. The van der Waals surface area contributed by atoms with Gasteiger partial charge in [0.1, 0.15) is 18.2 Å². The fourth-order valence-electron chi connectivity index (χ4n) is 6.29. The minimum Gasteiger partial charge on any atom is -0.394 e. The van der Waals surface area contributed by atoms with Crippen molar-refractivity contribution >= 4 is 21.3 Å². The van der Waals surface area contributed by atoms with Crippen molar-refractivity contribution in [3.63, 3.8) is 0 Å². The predicted molar refractivity (Wildman–Crippen MR) is 186 cm³/mol. The lowest BCUT2D eigenvalue weighted by atomic mass is 9.93. The van der Waals surface area contributed by atoms with E-state index in [9.17, 15) is 24.9 Å². The molecule has 2 amide bonds. The maximum atomic E-state index is 13.1. The van der Waals surface area contributed by atoms with Gasteiger partial charge in [-0.15, -0.1) is 0 Å². The van der Waals surface area contributed by atoms with Crippen LogP contribution in [0.25, 0.3) is 0 Å². The highest BCUT2D eigenvalue weighted by Crippen LogP contribution is 2.26. The first-order chi connectivity index (χ1) is 22.3. The third kappa shape index (κ3) is 19.2. The fraction of sp³-hybridized carbons (Fsp3) is 0.943. The number of rotatable bonds is 29. The Hall–Kier alpha value is -0.870. The third-order valence-corrected chi connectivity index (χ3v) is 9.37. The van der Waals surface area contributed by atoms with Crippen LogP contribution in [0.15, 0.2) is 0 Å². The Morgan fingerprint density at radius 1 is 0.696 bits per heavy atom. The van der Waals surface area contributed by atoms with Crippen molar-refractivity contribution in [1.82, 2.24) is 10.6 Å². The van der Waals surface area contributed by atoms with E-state index in [2.05, 4.69) is 33.9 Å². The zero-order valence-electron chi connectivity index (χ0n) is 29.3. The molecule has 272 valence electrons. The Kier molecular flexibility index (Phi) is 26.3. The number of nitrogens with one attached hydrogen (secondary N) is 2. The number of hydrogen-bond donors (Lipinski definition) is 5. The number of methoxy groups -OCH3 is 1. The molecule has 0 aliphatic carbocycles. The molecule has 11 heteroatoms. The van der Waals surface area contributed by atoms with Crippen molar-refractivity contribution in [3.05, 3.63) is 0 Å². The number of carbonyl (C=O) groups excluding carboxylic acids is 2. The molecule has 0 saturated carbocycles. The molecule has 10 nitrogen and oxygen atoms in total. The Labute approximate surface area is 282 Å². The molecule has 0 aromatic rings. The van der Waals surface area contributed by atoms with Gasteiger partial charge in [0.2, 0.25) is 11.8 Å². The van der Waals surface area contributed by atoms with Gasteiger partial charge in [-0.1, -0.05) is 129 Å². The molecule has 0 radical (unpaired) electrons. The summed E-state index contributed by atoms with van der Waals surface area (Å²) in [5.41, 5.74) is 0. The lowest BCUT2D eigenvalue weighted by Crippen LogP contribution is -2.69. The summed E-state index contributed by atoms with van der Waals surface area (Å²) in [6, 6.07) is -1.65. The second-order valence-corrected chi connectivity index (χ2v) is 13.5. The van der Waals surface area contributed by atoms with E-state index in [1.807, 2.05) is 0 Å². The van der Waals surface area contributed by atoms with Crippen molar-refractivity contribution in [2.75, 3.05) is 13.7 Å². The number of unbranched alkanes of at least 4 members (excludes halogenated alkanes) is 16. The monoisotopic (exact) mass is 676 g/mol. The molecule has 5 N–H and O–H groups in total. The molecule has 1 aliphatic rings. The fourth-order valence-corrected chi connectivity index (χ4v) is 6.64. The summed E-state index contributed by atoms with van der Waals surface area (Å²) in [5.74, 6) is -0.785. The first-order valence-electron chi connectivity index (χ1n) is 18.4. The normalized spacial score (nSPS) is 22.8. The number of aliphatic hydroxyl groups is 3. The molecule has 1 fully saturated rings. The quantitative estimate of drug-likeness (QED) is 0.0491. The van der Waals surface area contributed by atoms with Crippen molar-refractivity contribution in [1.29, 1.82) is 0 Å². The van der Waals surface area contributed by atoms with Crippen LogP contribution < -0.4 is 10.6 Å². The molecule has 0 aromatic heterocycles. The Balaban J connectivity index is 2.58. The Bertz CT molecular complexity index is 764. The van der Waals surface area contributed by atoms with Crippen LogP contribution in [0, 0.1) is 0 Å². The van der Waals surface area contributed by atoms with Crippen LogP contribution >= 0.6 is 9.47 Å². The minimum atomic E-state index is -0.968. The summed E-state index contributed by atoms with van der Waals surface area (Å²) in [4.78, 5) is 26.1. The summed E-state index contributed by atoms with van der Waals surface area (Å²) < 4.78 is 16.9. The van der Waals surface area contributed by atoms with E-state index < -0.39 is 54.6 Å². The highest BCUT2D eigenvalue weighted by molar-refractivity contribution is 7.09. The topological polar surface area (TPSA) is 147 Å². The number of amides is 2. The second-order valence-electron chi connectivity index (χ2n) is 13.2. The van der Waals surface area contributed by atoms with E-state index >= 15 is 0 Å². The lowest BCUT2D eigenvalue weighted by Gasteiger charge is -2.45. The van der Waals surface area contributed by atoms with Crippen LogP contribution in [0.5, 0.6) is 0 Å². The number of ether oxygens (including phenoxy) is 2. The number of carbonyl (C=O) groups is 2. The largest absolute Gasteiger partial charge is 0.394 e. The molecular weight excluding hydrogens is 607 g/mol. The van der Waals surface area contributed by atoms with E-state index in [1.54, 1.807) is 0 Å². The average Bonchev–Trinajstić information content (AvgIpc) is 3.03. The highest BCUT2D eigenvalue weighted by Gasteiger charge is 2.48. The van der Waals surface area contributed by atoms with Gasteiger partial charge in [-0.05, 0) is 12.8 Å². The van der Waals surface area contributed by atoms with Crippen molar-refractivity contribution < 1.29 is 38.9 Å². The van der Waals surface area contributed by atoms with Gasteiger partial charge >= 0.3 is 0 Å². The van der Waals surface area contributed by atoms with E-state index in [0.29, 0.717) is 12.8 Å². The Morgan fingerprint density at radius 2 is 1.09 bits per heavy atom. The van der Waals surface area contributed by atoms with Crippen molar-refractivity contribution in [2.24, 2.45) is 0 Å². The van der Waals surface area contributed by atoms with Crippen LogP contribution in [-0.4, -0.2) is 83.6 Å². The van der Waals surface area contributed by atoms with E-state index in [1.165, 1.54) is 84.2 Å². The summed E-state index contributed by atoms with van der Waals surface area (Å²) in [6.07, 6.45) is 18.0. The number of hydrogen-bond acceptors (Lipinski definition) is 8. The van der Waals surface area contributed by atoms with Gasteiger partial charge in [0.05, 0.1) is 37.7 Å². The smallest absolute Gasteiger partial charge is 0.223 e. The maximum Gasteiger partial charge on any atom is 0.223 e. The zero-order chi connectivity index (χ0) is 34.0.